The number of thiophene rings is 1. The third-order valence-electron chi connectivity index (χ3n) is 4.67. The van der Waals surface area contributed by atoms with Gasteiger partial charge in [-0.2, -0.15) is 5.10 Å². The van der Waals surface area contributed by atoms with Crippen molar-refractivity contribution in [2.75, 3.05) is 0 Å². The van der Waals surface area contributed by atoms with E-state index in [9.17, 15) is 5.11 Å². The number of nitrogens with zero attached hydrogens (tertiary/aromatic N) is 3. The fourth-order valence-corrected chi connectivity index (χ4v) is 4.23. The van der Waals surface area contributed by atoms with E-state index in [0.717, 1.165) is 34.0 Å². The van der Waals surface area contributed by atoms with Crippen molar-refractivity contribution in [1.82, 2.24) is 14.8 Å². The Morgan fingerprint density at radius 1 is 1.45 bits per heavy atom. The van der Waals surface area contributed by atoms with E-state index in [1.807, 2.05) is 12.1 Å². The number of hydrogen-bond donors (Lipinski definition) is 1. The van der Waals surface area contributed by atoms with Gasteiger partial charge >= 0.3 is 0 Å². The van der Waals surface area contributed by atoms with Crippen molar-refractivity contribution in [2.45, 2.75) is 45.3 Å². The summed E-state index contributed by atoms with van der Waals surface area (Å²) in [5.74, 6) is 0. The molecule has 1 atom stereocenters. The largest absolute Gasteiger partial charge is 0.383 e. The van der Waals surface area contributed by atoms with Crippen LogP contribution in [0.25, 0.3) is 6.08 Å². The van der Waals surface area contributed by atoms with E-state index in [1.54, 1.807) is 11.0 Å². The normalized spacial score (nSPS) is 26.5. The van der Waals surface area contributed by atoms with Gasteiger partial charge in [-0.15, -0.1) is 11.3 Å². The molecule has 1 aliphatic rings. The fraction of sp³-hybridized carbons (Fsp3) is 0.500. The first-order valence-electron chi connectivity index (χ1n) is 7.42. The predicted octanol–water partition coefficient (Wildman–Crippen LogP) is 4.02. The highest BCUT2D eigenvalue weighted by atomic mass is 35.5. The number of aromatic nitrogens is 3. The van der Waals surface area contributed by atoms with Crippen molar-refractivity contribution in [3.05, 3.63) is 39.6 Å². The first-order valence-corrected chi connectivity index (χ1v) is 8.61. The molecule has 0 amide bonds. The molecule has 1 aliphatic carbocycles. The second kappa shape index (κ2) is 5.80. The lowest BCUT2D eigenvalue weighted by molar-refractivity contribution is -0.0691. The van der Waals surface area contributed by atoms with E-state index in [-0.39, 0.29) is 5.41 Å². The minimum Gasteiger partial charge on any atom is -0.383 e. The monoisotopic (exact) mass is 337 g/mol. The molecule has 0 bridgehead atoms. The third kappa shape index (κ3) is 2.85. The van der Waals surface area contributed by atoms with Crippen molar-refractivity contribution in [3.63, 3.8) is 0 Å². The van der Waals surface area contributed by atoms with Crippen molar-refractivity contribution in [2.24, 2.45) is 5.41 Å². The van der Waals surface area contributed by atoms with Gasteiger partial charge in [0.25, 0.3) is 0 Å². The van der Waals surface area contributed by atoms with Gasteiger partial charge < -0.3 is 5.11 Å². The molecule has 2 heterocycles. The molecule has 22 heavy (non-hydrogen) atoms. The second-order valence-corrected chi connectivity index (χ2v) is 8.25. The molecule has 0 aromatic carbocycles. The van der Waals surface area contributed by atoms with Crippen molar-refractivity contribution < 1.29 is 5.11 Å². The Balaban J connectivity index is 2.00. The van der Waals surface area contributed by atoms with Gasteiger partial charge in [-0.25, -0.2) is 9.67 Å². The molecule has 2 aromatic rings. The molecule has 4 nitrogen and oxygen atoms in total. The Bertz CT molecular complexity index is 677. The van der Waals surface area contributed by atoms with E-state index < -0.39 is 5.60 Å². The van der Waals surface area contributed by atoms with Crippen molar-refractivity contribution in [3.8, 4) is 0 Å². The summed E-state index contributed by atoms with van der Waals surface area (Å²) in [7, 11) is 0. The van der Waals surface area contributed by atoms with E-state index >= 15 is 0 Å². The molecule has 0 saturated heterocycles. The van der Waals surface area contributed by atoms with Crippen LogP contribution in [0.1, 0.15) is 38.0 Å². The summed E-state index contributed by atoms with van der Waals surface area (Å²) in [4.78, 5) is 5.06. The highest BCUT2D eigenvalue weighted by molar-refractivity contribution is 7.17. The van der Waals surface area contributed by atoms with Crippen LogP contribution in [0.4, 0.5) is 0 Å². The number of hydrogen-bond acceptors (Lipinski definition) is 4. The topological polar surface area (TPSA) is 50.9 Å². The van der Waals surface area contributed by atoms with Gasteiger partial charge in [-0.3, -0.25) is 0 Å². The summed E-state index contributed by atoms with van der Waals surface area (Å²) in [6, 6.07) is 3.89. The van der Waals surface area contributed by atoms with Crippen molar-refractivity contribution in [1.29, 1.82) is 0 Å². The van der Waals surface area contributed by atoms with Crippen molar-refractivity contribution >= 4 is 29.0 Å². The van der Waals surface area contributed by atoms with Gasteiger partial charge in [0.15, 0.2) is 0 Å². The van der Waals surface area contributed by atoms with E-state index in [4.69, 9.17) is 11.6 Å². The summed E-state index contributed by atoms with van der Waals surface area (Å²) >= 11 is 7.56. The molecule has 0 aliphatic heterocycles. The zero-order valence-corrected chi connectivity index (χ0v) is 14.4. The molecule has 3 rings (SSSR count). The van der Waals surface area contributed by atoms with Crippen LogP contribution >= 0.6 is 22.9 Å². The van der Waals surface area contributed by atoms with E-state index in [1.165, 1.54) is 17.7 Å². The fourth-order valence-electron chi connectivity index (χ4n) is 3.20. The van der Waals surface area contributed by atoms with Gasteiger partial charge in [0.05, 0.1) is 10.9 Å². The molecule has 6 heteroatoms. The summed E-state index contributed by atoms with van der Waals surface area (Å²) in [6.45, 7) is 4.67. The van der Waals surface area contributed by atoms with Gasteiger partial charge in [-0.05, 0) is 48.5 Å². The Kier molecular flexibility index (Phi) is 4.14. The molecular formula is C16H20ClN3OS. The van der Waals surface area contributed by atoms with Crippen LogP contribution in [-0.2, 0) is 6.54 Å². The molecule has 2 aromatic heterocycles. The molecule has 0 unspecified atom stereocenters. The Morgan fingerprint density at radius 2 is 2.27 bits per heavy atom. The molecule has 1 N–H and O–H groups in total. The van der Waals surface area contributed by atoms with Gasteiger partial charge in [0, 0.05) is 4.88 Å². The number of halogens is 1. The first kappa shape index (κ1) is 15.7. The first-order chi connectivity index (χ1) is 10.4. The lowest BCUT2D eigenvalue weighted by Crippen LogP contribution is -2.52. The maximum Gasteiger partial charge on any atom is 0.137 e. The van der Waals surface area contributed by atoms with Crippen LogP contribution in [0.15, 0.2) is 30.4 Å². The SMILES string of the molecule is CC1(C)CCCC(=Cc2ccc(Cl)s2)[C@@]1(O)Cn1cncn1. The predicted molar refractivity (Wildman–Crippen MR) is 89.9 cm³/mol. The third-order valence-corrected chi connectivity index (χ3v) is 5.84. The zero-order chi connectivity index (χ0) is 15.8. The lowest BCUT2D eigenvalue weighted by atomic mass is 9.62. The second-order valence-electron chi connectivity index (χ2n) is 6.50. The highest BCUT2D eigenvalue weighted by Gasteiger charge is 2.48. The molecule has 0 spiro atoms. The molecule has 1 fully saturated rings. The lowest BCUT2D eigenvalue weighted by Gasteiger charge is -2.48. The van der Waals surface area contributed by atoms with Gasteiger partial charge in [0.2, 0.25) is 0 Å². The molecular weight excluding hydrogens is 318 g/mol. The Morgan fingerprint density at radius 3 is 2.91 bits per heavy atom. The van der Waals surface area contributed by atoms with Gasteiger partial charge in [-0.1, -0.05) is 25.4 Å². The van der Waals surface area contributed by atoms with Crippen LogP contribution in [0.2, 0.25) is 4.34 Å². The van der Waals surface area contributed by atoms with Crippen LogP contribution in [-0.4, -0.2) is 25.5 Å². The highest BCUT2D eigenvalue weighted by Crippen LogP contribution is 2.48. The average Bonchev–Trinajstić information content (AvgIpc) is 3.07. The standard InChI is InChI=1S/C16H20ClN3OS/c1-15(2)7-3-4-12(8-13-5-6-14(17)22-13)16(15,21)9-20-11-18-10-19-20/h5-6,8,10-11,21H,3-4,7,9H2,1-2H3/t16-/m0/s1. The summed E-state index contributed by atoms with van der Waals surface area (Å²) in [5, 5.41) is 15.7. The minimum atomic E-state index is -0.935. The summed E-state index contributed by atoms with van der Waals surface area (Å²) < 4.78 is 2.48. The maximum absolute atomic E-state index is 11.5. The van der Waals surface area contributed by atoms with Crippen LogP contribution in [0, 0.1) is 5.41 Å². The van der Waals surface area contributed by atoms with Crippen LogP contribution < -0.4 is 0 Å². The van der Waals surface area contributed by atoms with E-state index in [2.05, 4.69) is 30.0 Å². The Hall–Kier alpha value is -1.17. The summed E-state index contributed by atoms with van der Waals surface area (Å²) in [6.07, 6.45) is 8.21. The molecule has 0 radical (unpaired) electrons. The number of aliphatic hydroxyl groups is 1. The van der Waals surface area contributed by atoms with Gasteiger partial charge in [0.1, 0.15) is 18.3 Å². The van der Waals surface area contributed by atoms with E-state index in [0.29, 0.717) is 6.54 Å². The minimum absolute atomic E-state index is 0.218. The quantitative estimate of drug-likeness (QED) is 0.920. The molecule has 118 valence electrons. The Labute approximate surface area is 139 Å². The average molecular weight is 338 g/mol. The maximum atomic E-state index is 11.5. The smallest absolute Gasteiger partial charge is 0.137 e. The van der Waals surface area contributed by atoms with Crippen LogP contribution in [0.5, 0.6) is 0 Å². The van der Waals surface area contributed by atoms with Crippen LogP contribution in [0.3, 0.4) is 0 Å². The summed E-state index contributed by atoms with van der Waals surface area (Å²) in [5.41, 5.74) is -0.0998. The molecule has 1 saturated carbocycles. The zero-order valence-electron chi connectivity index (χ0n) is 12.8. The number of rotatable bonds is 3.